The van der Waals surface area contributed by atoms with Crippen molar-refractivity contribution < 1.29 is 15.0 Å². The summed E-state index contributed by atoms with van der Waals surface area (Å²) < 4.78 is 0. The number of benzene rings is 1. The smallest absolute Gasteiger partial charge is 0.313 e. The minimum absolute atomic E-state index is 0.366. The van der Waals surface area contributed by atoms with E-state index in [-0.39, 0.29) is 0 Å². The summed E-state index contributed by atoms with van der Waals surface area (Å²) in [6.45, 7) is 5.83. The molecule has 0 unspecified atom stereocenters. The Hall–Kier alpha value is -1.98. The van der Waals surface area contributed by atoms with Gasteiger partial charge in [-0.1, -0.05) is 38.1 Å². The lowest BCUT2D eigenvalue weighted by atomic mass is 9.72. The van der Waals surface area contributed by atoms with Gasteiger partial charge in [0.1, 0.15) is 5.41 Å². The molecule has 26 heavy (non-hydrogen) atoms. The molecular weight excluding hydrogens is 328 g/mol. The number of nitrogens with zero attached hydrogens (tertiary/aromatic N) is 2. The molecule has 1 aromatic carbocycles. The van der Waals surface area contributed by atoms with Crippen LogP contribution in [0, 0.1) is 11.3 Å². The largest absolute Gasteiger partial charge is 0.481 e. The Balaban J connectivity index is 1.78. The van der Waals surface area contributed by atoms with E-state index in [1.807, 2.05) is 30.3 Å². The Bertz CT molecular complexity index is 777. The number of aliphatic carboxylic acids is 1. The zero-order chi connectivity index (χ0) is 18.7. The summed E-state index contributed by atoms with van der Waals surface area (Å²) >= 11 is 0. The first-order valence-corrected chi connectivity index (χ1v) is 9.39. The van der Waals surface area contributed by atoms with Crippen LogP contribution in [0.4, 0.5) is 0 Å². The van der Waals surface area contributed by atoms with Gasteiger partial charge in [0.2, 0.25) is 0 Å². The average Bonchev–Trinajstić information content (AvgIpc) is 2.62. The van der Waals surface area contributed by atoms with Gasteiger partial charge in [0.15, 0.2) is 0 Å². The van der Waals surface area contributed by atoms with Crippen molar-refractivity contribution in [1.82, 2.24) is 9.88 Å². The number of carbonyl (C=O) groups is 1. The number of aliphatic hydroxyl groups is 1. The molecule has 5 nitrogen and oxygen atoms in total. The van der Waals surface area contributed by atoms with Gasteiger partial charge < -0.3 is 10.2 Å². The summed E-state index contributed by atoms with van der Waals surface area (Å²) in [7, 11) is 0. The van der Waals surface area contributed by atoms with Gasteiger partial charge in [-0.2, -0.15) is 0 Å². The minimum Gasteiger partial charge on any atom is -0.481 e. The van der Waals surface area contributed by atoms with Crippen LogP contribution in [-0.4, -0.2) is 45.3 Å². The molecule has 1 aliphatic heterocycles. The van der Waals surface area contributed by atoms with Crippen molar-refractivity contribution in [3.05, 3.63) is 42.1 Å². The number of fused-ring (bicyclic) bond motifs is 1. The molecule has 2 N–H and O–H groups in total. The van der Waals surface area contributed by atoms with Crippen molar-refractivity contribution in [2.24, 2.45) is 11.3 Å². The lowest BCUT2D eigenvalue weighted by molar-refractivity contribution is -0.165. The second-order valence-electron chi connectivity index (χ2n) is 7.90. The first-order valence-electron chi connectivity index (χ1n) is 9.39. The van der Waals surface area contributed by atoms with Gasteiger partial charge in [-0.3, -0.25) is 14.7 Å². The van der Waals surface area contributed by atoms with E-state index in [0.717, 1.165) is 23.0 Å². The second kappa shape index (κ2) is 7.72. The molecule has 0 radical (unpaired) electrons. The molecule has 1 aromatic heterocycles. The highest BCUT2D eigenvalue weighted by atomic mass is 16.4. The molecule has 2 aromatic rings. The highest BCUT2D eigenvalue weighted by Gasteiger charge is 2.48. The minimum atomic E-state index is -1.08. The third kappa shape index (κ3) is 3.89. The number of carboxylic acids is 1. The molecule has 0 spiro atoms. The fourth-order valence-corrected chi connectivity index (χ4v) is 3.83. The van der Waals surface area contributed by atoms with Crippen LogP contribution < -0.4 is 0 Å². The van der Waals surface area contributed by atoms with Crippen LogP contribution in [0.15, 0.2) is 36.4 Å². The molecule has 0 saturated carbocycles. The average molecular weight is 356 g/mol. The molecule has 1 aliphatic rings. The molecule has 3 rings (SSSR count). The Morgan fingerprint density at radius 2 is 2.08 bits per heavy atom. The lowest BCUT2D eigenvalue weighted by Crippen LogP contribution is -2.55. The van der Waals surface area contributed by atoms with Crippen LogP contribution in [0.2, 0.25) is 0 Å². The van der Waals surface area contributed by atoms with Crippen molar-refractivity contribution in [3.63, 3.8) is 0 Å². The highest BCUT2D eigenvalue weighted by molar-refractivity contribution is 5.78. The van der Waals surface area contributed by atoms with Crippen LogP contribution >= 0.6 is 0 Å². The van der Waals surface area contributed by atoms with Crippen LogP contribution in [0.25, 0.3) is 10.9 Å². The summed E-state index contributed by atoms with van der Waals surface area (Å²) in [6.07, 6.45) is 0.992. The van der Waals surface area contributed by atoms with E-state index >= 15 is 0 Å². The first kappa shape index (κ1) is 18.8. The Kier molecular flexibility index (Phi) is 5.58. The molecule has 5 heteroatoms. The van der Waals surface area contributed by atoms with Gasteiger partial charge >= 0.3 is 5.97 Å². The first-order chi connectivity index (χ1) is 12.4. The van der Waals surface area contributed by atoms with Crippen molar-refractivity contribution in [2.75, 3.05) is 13.1 Å². The number of piperidine rings is 1. The molecule has 140 valence electrons. The number of hydrogen-bond acceptors (Lipinski definition) is 4. The number of hydrogen-bond donors (Lipinski definition) is 2. The molecule has 0 bridgehead atoms. The number of likely N-dealkylation sites (tertiary alicyclic amines) is 1. The molecule has 1 saturated heterocycles. The number of rotatable bonds is 6. The summed E-state index contributed by atoms with van der Waals surface area (Å²) in [6, 6.07) is 12.0. The lowest BCUT2D eigenvalue weighted by Gasteiger charge is -2.43. The summed E-state index contributed by atoms with van der Waals surface area (Å²) in [5.41, 5.74) is 0.800. The van der Waals surface area contributed by atoms with E-state index in [2.05, 4.69) is 24.8 Å². The van der Waals surface area contributed by atoms with Crippen molar-refractivity contribution in [2.45, 2.75) is 45.8 Å². The van der Waals surface area contributed by atoms with Crippen molar-refractivity contribution >= 4 is 16.9 Å². The molecule has 1 fully saturated rings. The molecule has 0 aliphatic carbocycles. The van der Waals surface area contributed by atoms with Gasteiger partial charge in [-0.15, -0.1) is 0 Å². The Labute approximate surface area is 154 Å². The maximum atomic E-state index is 12.1. The van der Waals surface area contributed by atoms with E-state index in [0.29, 0.717) is 38.4 Å². The van der Waals surface area contributed by atoms with Gasteiger partial charge in [-0.05, 0) is 37.3 Å². The van der Waals surface area contributed by atoms with E-state index < -0.39 is 17.5 Å². The quantitative estimate of drug-likeness (QED) is 0.831. The predicted molar refractivity (Wildman–Crippen MR) is 102 cm³/mol. The van der Waals surface area contributed by atoms with Gasteiger partial charge in [0.25, 0.3) is 0 Å². The maximum absolute atomic E-state index is 12.1. The fraction of sp³-hybridized carbons (Fsp3) is 0.524. The van der Waals surface area contributed by atoms with Crippen molar-refractivity contribution in [3.8, 4) is 0 Å². The number of pyridine rings is 1. The van der Waals surface area contributed by atoms with E-state index in [4.69, 9.17) is 4.98 Å². The summed E-state index contributed by atoms with van der Waals surface area (Å²) in [5, 5.41) is 21.5. The second-order valence-corrected chi connectivity index (χ2v) is 7.90. The van der Waals surface area contributed by atoms with Crippen molar-refractivity contribution in [1.29, 1.82) is 0 Å². The number of para-hydroxylation sites is 1. The molecular formula is C21H28N2O3. The SMILES string of the molecule is CC(C)CC[C@@]1(C(=O)O)CN(Cc2ccc3ccccc3n2)CC[C@@H]1O. The molecule has 0 amide bonds. The van der Waals surface area contributed by atoms with Gasteiger partial charge in [-0.25, -0.2) is 0 Å². The normalized spacial score (nSPS) is 24.2. The van der Waals surface area contributed by atoms with Crippen LogP contribution in [-0.2, 0) is 11.3 Å². The third-order valence-electron chi connectivity index (χ3n) is 5.50. The maximum Gasteiger partial charge on any atom is 0.313 e. The molecule has 2 atom stereocenters. The van der Waals surface area contributed by atoms with Crippen LogP contribution in [0.3, 0.4) is 0 Å². The van der Waals surface area contributed by atoms with E-state index in [1.165, 1.54) is 0 Å². The summed E-state index contributed by atoms with van der Waals surface area (Å²) in [5.74, 6) is -0.474. The highest BCUT2D eigenvalue weighted by Crippen LogP contribution is 2.37. The summed E-state index contributed by atoms with van der Waals surface area (Å²) in [4.78, 5) is 18.9. The standard InChI is InChI=1S/C21H28N2O3/c1-15(2)9-11-21(20(25)26)14-23(12-10-19(21)24)13-17-8-7-16-5-3-4-6-18(16)22-17/h3-8,15,19,24H,9-14H2,1-2H3,(H,25,26)/t19-,21+/m0/s1. The third-order valence-corrected chi connectivity index (χ3v) is 5.50. The topological polar surface area (TPSA) is 73.7 Å². The Morgan fingerprint density at radius 1 is 1.31 bits per heavy atom. The zero-order valence-corrected chi connectivity index (χ0v) is 15.6. The number of aromatic nitrogens is 1. The van der Waals surface area contributed by atoms with E-state index in [1.54, 1.807) is 0 Å². The number of carboxylic acid groups (broad SMARTS) is 1. The van der Waals surface area contributed by atoms with Gasteiger partial charge in [0, 0.05) is 25.0 Å². The van der Waals surface area contributed by atoms with Crippen LogP contribution in [0.5, 0.6) is 0 Å². The van der Waals surface area contributed by atoms with E-state index in [9.17, 15) is 15.0 Å². The molecule has 2 heterocycles. The monoisotopic (exact) mass is 356 g/mol. The van der Waals surface area contributed by atoms with Crippen LogP contribution in [0.1, 0.15) is 38.8 Å². The number of aliphatic hydroxyl groups excluding tert-OH is 1. The Morgan fingerprint density at radius 3 is 2.81 bits per heavy atom. The predicted octanol–water partition coefficient (Wildman–Crippen LogP) is 3.31. The zero-order valence-electron chi connectivity index (χ0n) is 15.6. The fourth-order valence-electron chi connectivity index (χ4n) is 3.83. The van der Waals surface area contributed by atoms with Gasteiger partial charge in [0.05, 0.1) is 17.3 Å².